The third-order valence-electron chi connectivity index (χ3n) is 3.28. The van der Waals surface area contributed by atoms with Crippen molar-refractivity contribution >= 4 is 16.7 Å². The van der Waals surface area contributed by atoms with Gasteiger partial charge in [-0.3, -0.25) is 10.1 Å². The predicted molar refractivity (Wildman–Crippen MR) is 70.2 cm³/mol. The molecular weight excluding hydrogens is 226 g/mol. The van der Waals surface area contributed by atoms with Crippen molar-refractivity contribution in [3.05, 3.63) is 48.0 Å². The van der Waals surface area contributed by atoms with Crippen molar-refractivity contribution in [1.29, 1.82) is 0 Å². The molecule has 1 N–H and O–H groups in total. The van der Waals surface area contributed by atoms with Crippen molar-refractivity contribution in [1.82, 2.24) is 5.32 Å². The first-order chi connectivity index (χ1) is 8.81. The van der Waals surface area contributed by atoms with Crippen molar-refractivity contribution in [2.75, 3.05) is 6.61 Å². The van der Waals surface area contributed by atoms with E-state index in [0.29, 0.717) is 6.61 Å². The molecule has 1 aliphatic rings. The fourth-order valence-corrected chi connectivity index (χ4v) is 2.37. The zero-order valence-corrected chi connectivity index (χ0v) is 10.2. The normalized spacial score (nSPS) is 21.8. The molecule has 1 aliphatic heterocycles. The van der Waals surface area contributed by atoms with Crippen LogP contribution in [0.2, 0.25) is 0 Å². The van der Waals surface area contributed by atoms with Crippen LogP contribution in [0.5, 0.6) is 0 Å². The third kappa shape index (κ3) is 1.87. The van der Waals surface area contributed by atoms with Crippen LogP contribution < -0.4 is 5.32 Å². The van der Waals surface area contributed by atoms with Gasteiger partial charge in [-0.2, -0.15) is 0 Å². The highest BCUT2D eigenvalue weighted by molar-refractivity contribution is 5.89. The van der Waals surface area contributed by atoms with Gasteiger partial charge in [0, 0.05) is 0 Å². The van der Waals surface area contributed by atoms with Crippen molar-refractivity contribution in [3.63, 3.8) is 0 Å². The highest BCUT2D eigenvalue weighted by Gasteiger charge is 2.45. The molecule has 0 aromatic heterocycles. The van der Waals surface area contributed by atoms with Crippen molar-refractivity contribution in [2.24, 2.45) is 0 Å². The van der Waals surface area contributed by atoms with Gasteiger partial charge in [0.1, 0.15) is 6.04 Å². The van der Waals surface area contributed by atoms with Gasteiger partial charge in [-0.15, -0.1) is 0 Å². The number of ether oxygens (including phenoxy) is 1. The summed E-state index contributed by atoms with van der Waals surface area (Å²) in [5.74, 6) is -0.157. The molecule has 2 aromatic carbocycles. The molecule has 3 heteroatoms. The van der Waals surface area contributed by atoms with Gasteiger partial charge in [-0.05, 0) is 23.3 Å². The Morgan fingerprint density at radius 3 is 2.83 bits per heavy atom. The second-order valence-electron chi connectivity index (χ2n) is 4.44. The van der Waals surface area contributed by atoms with E-state index in [9.17, 15) is 4.79 Å². The maximum Gasteiger partial charge on any atom is 0.325 e. The Morgan fingerprint density at radius 1 is 1.22 bits per heavy atom. The number of rotatable bonds is 3. The maximum atomic E-state index is 11.6. The Labute approximate surface area is 106 Å². The lowest BCUT2D eigenvalue weighted by molar-refractivity contribution is -0.142. The largest absolute Gasteiger partial charge is 0.465 e. The molecule has 3 rings (SSSR count). The molecular formula is C15H15NO2. The average Bonchev–Trinajstić information content (AvgIpc) is 3.18. The van der Waals surface area contributed by atoms with Crippen LogP contribution in [0.4, 0.5) is 0 Å². The molecule has 0 unspecified atom stereocenters. The van der Waals surface area contributed by atoms with E-state index >= 15 is 0 Å². The van der Waals surface area contributed by atoms with E-state index in [2.05, 4.69) is 29.6 Å². The van der Waals surface area contributed by atoms with Crippen LogP contribution in [0.3, 0.4) is 0 Å². The van der Waals surface area contributed by atoms with Gasteiger partial charge in [0.25, 0.3) is 0 Å². The van der Waals surface area contributed by atoms with Gasteiger partial charge in [0.2, 0.25) is 0 Å². The van der Waals surface area contributed by atoms with Crippen molar-refractivity contribution < 1.29 is 9.53 Å². The molecule has 0 aliphatic carbocycles. The van der Waals surface area contributed by atoms with Crippen LogP contribution in [0.25, 0.3) is 10.8 Å². The number of fused-ring (bicyclic) bond motifs is 1. The minimum absolute atomic E-state index is 0.0927. The zero-order valence-electron chi connectivity index (χ0n) is 10.2. The highest BCUT2D eigenvalue weighted by atomic mass is 16.5. The number of nitrogens with one attached hydrogen (secondary N) is 1. The van der Waals surface area contributed by atoms with E-state index in [1.54, 1.807) is 0 Å². The monoisotopic (exact) mass is 241 g/mol. The van der Waals surface area contributed by atoms with E-state index in [-0.39, 0.29) is 18.1 Å². The van der Waals surface area contributed by atoms with Crippen LogP contribution >= 0.6 is 0 Å². The number of carbonyl (C=O) groups excluding carboxylic acids is 1. The minimum atomic E-state index is -0.184. The number of carbonyl (C=O) groups is 1. The molecule has 0 saturated carbocycles. The summed E-state index contributed by atoms with van der Waals surface area (Å²) in [6, 6.07) is 14.3. The van der Waals surface area contributed by atoms with Crippen LogP contribution in [-0.2, 0) is 9.53 Å². The second-order valence-corrected chi connectivity index (χ2v) is 4.44. The summed E-state index contributed by atoms with van der Waals surface area (Å²) in [7, 11) is 0. The van der Waals surface area contributed by atoms with Crippen LogP contribution in [0.1, 0.15) is 18.5 Å². The maximum absolute atomic E-state index is 11.6. The van der Waals surface area contributed by atoms with E-state index in [1.165, 1.54) is 16.3 Å². The average molecular weight is 241 g/mol. The molecule has 2 aromatic rings. The van der Waals surface area contributed by atoms with Gasteiger partial charge in [-0.1, -0.05) is 42.5 Å². The Morgan fingerprint density at radius 2 is 2.00 bits per heavy atom. The first-order valence-electron chi connectivity index (χ1n) is 6.21. The van der Waals surface area contributed by atoms with Gasteiger partial charge < -0.3 is 4.74 Å². The fraction of sp³-hybridized carbons (Fsp3) is 0.267. The Hall–Kier alpha value is -1.87. The first kappa shape index (κ1) is 11.2. The molecule has 0 spiro atoms. The lowest BCUT2D eigenvalue weighted by atomic mass is 10.0. The Kier molecular flexibility index (Phi) is 2.76. The lowest BCUT2D eigenvalue weighted by Crippen LogP contribution is -2.13. The van der Waals surface area contributed by atoms with E-state index < -0.39 is 0 Å². The van der Waals surface area contributed by atoms with E-state index in [4.69, 9.17) is 4.74 Å². The smallest absolute Gasteiger partial charge is 0.325 e. The van der Waals surface area contributed by atoms with Crippen molar-refractivity contribution in [2.45, 2.75) is 19.0 Å². The topological polar surface area (TPSA) is 48.2 Å². The van der Waals surface area contributed by atoms with Gasteiger partial charge >= 0.3 is 5.97 Å². The summed E-state index contributed by atoms with van der Waals surface area (Å²) in [6.45, 7) is 2.26. The molecule has 1 heterocycles. The summed E-state index contributed by atoms with van der Waals surface area (Å²) in [4.78, 5) is 11.6. The summed E-state index contributed by atoms with van der Waals surface area (Å²) in [5, 5.41) is 5.59. The van der Waals surface area contributed by atoms with Gasteiger partial charge in [0.05, 0.1) is 12.6 Å². The standard InChI is InChI=1S/C15H15NO2/c1-2-18-15(17)14-13(16-14)12-9-5-7-10-6-3-4-8-11(10)12/h3-9,13-14,16H,2H2,1H3/t13-,14-/m1/s1. The molecule has 92 valence electrons. The van der Waals surface area contributed by atoms with Crippen LogP contribution in [0.15, 0.2) is 42.5 Å². The molecule has 3 nitrogen and oxygen atoms in total. The summed E-state index contributed by atoms with van der Waals surface area (Å²) in [5.41, 5.74) is 1.17. The van der Waals surface area contributed by atoms with Gasteiger partial charge in [0.15, 0.2) is 0 Å². The lowest BCUT2D eigenvalue weighted by Gasteiger charge is -2.04. The molecule has 0 amide bonds. The third-order valence-corrected chi connectivity index (χ3v) is 3.28. The van der Waals surface area contributed by atoms with E-state index in [1.807, 2.05) is 25.1 Å². The second kappa shape index (κ2) is 4.42. The molecule has 1 fully saturated rings. The molecule has 0 bridgehead atoms. The summed E-state index contributed by atoms with van der Waals surface area (Å²) in [6.07, 6.45) is 0. The predicted octanol–water partition coefficient (Wildman–Crippen LogP) is 2.42. The summed E-state index contributed by atoms with van der Waals surface area (Å²) >= 11 is 0. The number of hydrogen-bond donors (Lipinski definition) is 1. The molecule has 0 radical (unpaired) electrons. The van der Waals surface area contributed by atoms with Crippen LogP contribution in [-0.4, -0.2) is 18.6 Å². The van der Waals surface area contributed by atoms with Crippen molar-refractivity contribution in [3.8, 4) is 0 Å². The highest BCUT2D eigenvalue weighted by Crippen LogP contribution is 2.35. The minimum Gasteiger partial charge on any atom is -0.465 e. The summed E-state index contributed by atoms with van der Waals surface area (Å²) < 4.78 is 5.03. The number of hydrogen-bond acceptors (Lipinski definition) is 3. The Bertz CT molecular complexity index is 589. The Balaban J connectivity index is 1.91. The van der Waals surface area contributed by atoms with Crippen LogP contribution in [0, 0.1) is 0 Å². The molecule has 2 atom stereocenters. The molecule has 1 saturated heterocycles. The SMILES string of the molecule is CCOC(=O)[C@@H]1N[C@@H]1c1cccc2ccccc12. The number of benzene rings is 2. The molecule has 18 heavy (non-hydrogen) atoms. The fourth-order valence-electron chi connectivity index (χ4n) is 2.37. The quantitative estimate of drug-likeness (QED) is 0.663. The van der Waals surface area contributed by atoms with Gasteiger partial charge in [-0.25, -0.2) is 0 Å². The zero-order chi connectivity index (χ0) is 12.5. The van der Waals surface area contributed by atoms with E-state index in [0.717, 1.165) is 0 Å². The number of esters is 1. The first-order valence-corrected chi connectivity index (χ1v) is 6.21.